The molecule has 0 fully saturated rings. The number of H-pyrrole nitrogens is 1. The molecule has 1 heterocycles. The molecule has 0 unspecified atom stereocenters. The number of methoxy groups -OCH3 is 1. The van der Waals surface area contributed by atoms with E-state index in [1.807, 2.05) is 30.3 Å². The van der Waals surface area contributed by atoms with E-state index in [-0.39, 0.29) is 22.1 Å². The van der Waals surface area contributed by atoms with Crippen LogP contribution in [0.5, 0.6) is 5.75 Å². The van der Waals surface area contributed by atoms with Gasteiger partial charge in [-0.2, -0.15) is 0 Å². The van der Waals surface area contributed by atoms with Gasteiger partial charge < -0.3 is 10.1 Å². The largest absolute Gasteiger partial charge is 0.497 e. The third-order valence-corrected chi connectivity index (χ3v) is 6.20. The van der Waals surface area contributed by atoms with E-state index in [0.29, 0.717) is 18.0 Å². The Bertz CT molecular complexity index is 1460. The van der Waals surface area contributed by atoms with Crippen molar-refractivity contribution in [3.63, 3.8) is 0 Å². The molecule has 11 nitrogen and oxygen atoms in total. The average molecular weight is 495 g/mol. The van der Waals surface area contributed by atoms with Crippen molar-refractivity contribution in [2.75, 3.05) is 12.4 Å². The minimum absolute atomic E-state index is 0.0289. The summed E-state index contributed by atoms with van der Waals surface area (Å²) in [5.74, 6) is 0.110. The normalized spacial score (nSPS) is 11.1. The van der Waals surface area contributed by atoms with Gasteiger partial charge in [0.1, 0.15) is 5.75 Å². The number of hydrogen-bond acceptors (Lipinski definition) is 7. The molecule has 0 aliphatic rings. The highest BCUT2D eigenvalue weighted by Crippen LogP contribution is 2.16. The molecule has 4 rings (SSSR count). The number of hydrogen-bond donors (Lipinski definition) is 4. The zero-order chi connectivity index (χ0) is 24.8. The molecule has 4 N–H and O–H groups in total. The Morgan fingerprint density at radius 2 is 1.69 bits per heavy atom. The summed E-state index contributed by atoms with van der Waals surface area (Å²) in [7, 11) is -2.48. The number of amides is 1. The van der Waals surface area contributed by atoms with Gasteiger partial charge in [-0.15, -0.1) is 9.93 Å². The van der Waals surface area contributed by atoms with E-state index in [1.165, 1.54) is 48.2 Å². The summed E-state index contributed by atoms with van der Waals surface area (Å²) in [4.78, 5) is 29.2. The molecular formula is C23H22N6O5S. The van der Waals surface area contributed by atoms with Gasteiger partial charge in [0.15, 0.2) is 0 Å². The van der Waals surface area contributed by atoms with Crippen molar-refractivity contribution in [2.45, 2.75) is 11.4 Å². The summed E-state index contributed by atoms with van der Waals surface area (Å²) in [6, 6.07) is 21.4. The third-order valence-electron chi connectivity index (χ3n) is 4.93. The van der Waals surface area contributed by atoms with Crippen LogP contribution in [-0.2, 0) is 16.6 Å². The summed E-state index contributed by atoms with van der Waals surface area (Å²) in [6.07, 6.45) is 0. The maximum absolute atomic E-state index is 12.4. The van der Waals surface area contributed by atoms with Gasteiger partial charge >= 0.3 is 5.69 Å². The highest BCUT2D eigenvalue weighted by atomic mass is 32.2. The fourth-order valence-corrected chi connectivity index (χ4v) is 3.96. The summed E-state index contributed by atoms with van der Waals surface area (Å²) >= 11 is 0. The molecule has 0 bridgehead atoms. The molecule has 0 atom stereocenters. The number of nitrogens with zero attached hydrogens (tertiary/aromatic N) is 2. The van der Waals surface area contributed by atoms with Crippen LogP contribution in [0.1, 0.15) is 15.9 Å². The van der Waals surface area contributed by atoms with Crippen LogP contribution in [0.3, 0.4) is 0 Å². The highest BCUT2D eigenvalue weighted by molar-refractivity contribution is 7.89. The number of sulfonamides is 1. The van der Waals surface area contributed by atoms with Gasteiger partial charge in [0.25, 0.3) is 15.9 Å². The molecule has 180 valence electrons. The average Bonchev–Trinajstić information content (AvgIpc) is 3.21. The van der Waals surface area contributed by atoms with E-state index >= 15 is 0 Å². The Kier molecular flexibility index (Phi) is 6.94. The van der Waals surface area contributed by atoms with Crippen molar-refractivity contribution in [3.05, 3.63) is 100 Å². The molecule has 0 aliphatic heterocycles. The van der Waals surface area contributed by atoms with Gasteiger partial charge in [0, 0.05) is 11.3 Å². The second-order valence-electron chi connectivity index (χ2n) is 7.36. The molecule has 35 heavy (non-hydrogen) atoms. The van der Waals surface area contributed by atoms with Crippen molar-refractivity contribution in [3.8, 4) is 5.75 Å². The summed E-state index contributed by atoms with van der Waals surface area (Å²) in [6.45, 7) is 0.323. The highest BCUT2D eigenvalue weighted by Gasteiger charge is 2.16. The fraction of sp³-hybridized carbons (Fsp3) is 0.0870. The Balaban J connectivity index is 1.36. The van der Waals surface area contributed by atoms with Gasteiger partial charge in [0.05, 0.1) is 18.6 Å². The van der Waals surface area contributed by atoms with E-state index in [4.69, 9.17) is 4.74 Å². The first-order chi connectivity index (χ1) is 16.8. The van der Waals surface area contributed by atoms with Crippen LogP contribution in [-0.4, -0.2) is 36.2 Å². The lowest BCUT2D eigenvalue weighted by molar-refractivity contribution is 0.0945. The second kappa shape index (κ2) is 10.2. The van der Waals surface area contributed by atoms with E-state index in [9.17, 15) is 18.0 Å². The molecule has 1 aromatic heterocycles. The molecule has 0 radical (unpaired) electrons. The first kappa shape index (κ1) is 23.7. The second-order valence-corrected chi connectivity index (χ2v) is 9.04. The molecule has 4 aromatic rings. The number of anilines is 2. The van der Waals surface area contributed by atoms with Crippen LogP contribution in [0.4, 0.5) is 11.6 Å². The zero-order valence-electron chi connectivity index (χ0n) is 18.6. The molecule has 12 heteroatoms. The quantitative estimate of drug-likeness (QED) is 0.260. The van der Waals surface area contributed by atoms with Crippen LogP contribution in [0.2, 0.25) is 0 Å². The van der Waals surface area contributed by atoms with E-state index in [2.05, 4.69) is 25.7 Å². The lowest BCUT2D eigenvalue weighted by atomic mass is 10.2. The number of hydrazine groups is 1. The molecule has 1 amide bonds. The van der Waals surface area contributed by atoms with Gasteiger partial charge in [-0.05, 0) is 54.1 Å². The standard InChI is InChI=1S/C23H22N6O5S/c1-34-19-11-13-20(14-12-19)35(32,33)28-26-21(30)17-7-9-18(10-8-17)24-22-25-23(31)29(27-22)15-16-5-3-2-4-6-16/h2-14,28H,15H2,1H3,(H,26,30)(H2,24,25,27,31). The van der Waals surface area contributed by atoms with Crippen molar-refractivity contribution in [1.82, 2.24) is 25.0 Å². The smallest absolute Gasteiger partial charge is 0.345 e. The summed E-state index contributed by atoms with van der Waals surface area (Å²) in [5, 5.41) is 7.19. The minimum Gasteiger partial charge on any atom is -0.497 e. The molecule has 0 saturated carbocycles. The Labute approximate surface area is 200 Å². The Morgan fingerprint density at radius 3 is 2.34 bits per heavy atom. The van der Waals surface area contributed by atoms with Crippen LogP contribution >= 0.6 is 0 Å². The van der Waals surface area contributed by atoms with Crippen LogP contribution < -0.4 is 26.0 Å². The van der Waals surface area contributed by atoms with Gasteiger partial charge in [-0.25, -0.2) is 17.9 Å². The topological polar surface area (TPSA) is 147 Å². The van der Waals surface area contributed by atoms with E-state index < -0.39 is 15.9 Å². The third kappa shape index (κ3) is 5.93. The number of rotatable bonds is 9. The number of nitrogens with one attached hydrogen (secondary N) is 4. The lowest BCUT2D eigenvalue weighted by Gasteiger charge is -2.09. The lowest BCUT2D eigenvalue weighted by Crippen LogP contribution is -2.41. The summed E-state index contributed by atoms with van der Waals surface area (Å²) < 4.78 is 31.0. The predicted molar refractivity (Wildman–Crippen MR) is 129 cm³/mol. The maximum atomic E-state index is 12.4. The first-order valence-electron chi connectivity index (χ1n) is 10.4. The molecular weight excluding hydrogens is 472 g/mol. The van der Waals surface area contributed by atoms with E-state index in [0.717, 1.165) is 5.56 Å². The zero-order valence-corrected chi connectivity index (χ0v) is 19.4. The molecule has 0 aliphatic carbocycles. The molecule has 0 saturated heterocycles. The Morgan fingerprint density at radius 1 is 1.00 bits per heavy atom. The number of benzene rings is 3. The fourth-order valence-electron chi connectivity index (χ4n) is 3.12. The number of carbonyl (C=O) groups is 1. The number of aromatic amines is 1. The van der Waals surface area contributed by atoms with Crippen LogP contribution in [0, 0.1) is 0 Å². The SMILES string of the molecule is COc1ccc(S(=O)(=O)NNC(=O)c2ccc(Nc3nn(Cc4ccccc4)c(=O)[nH]3)cc2)cc1. The molecule has 3 aromatic carbocycles. The van der Waals surface area contributed by atoms with Gasteiger partial charge in [-0.1, -0.05) is 30.3 Å². The Hall–Kier alpha value is -4.42. The maximum Gasteiger partial charge on any atom is 0.345 e. The minimum atomic E-state index is -3.96. The van der Waals surface area contributed by atoms with Crippen molar-refractivity contribution >= 4 is 27.6 Å². The predicted octanol–water partition coefficient (Wildman–Crippen LogP) is 2.00. The monoisotopic (exact) mass is 494 g/mol. The summed E-state index contributed by atoms with van der Waals surface area (Å²) in [5.41, 5.74) is 3.54. The first-order valence-corrected chi connectivity index (χ1v) is 11.9. The van der Waals surface area contributed by atoms with Gasteiger partial charge in [0.2, 0.25) is 5.95 Å². The van der Waals surface area contributed by atoms with Crippen molar-refractivity contribution < 1.29 is 17.9 Å². The van der Waals surface area contributed by atoms with Crippen molar-refractivity contribution in [1.29, 1.82) is 0 Å². The van der Waals surface area contributed by atoms with Crippen LogP contribution in [0.25, 0.3) is 0 Å². The van der Waals surface area contributed by atoms with Crippen molar-refractivity contribution in [2.24, 2.45) is 0 Å². The number of carbonyl (C=O) groups excluding carboxylic acids is 1. The van der Waals surface area contributed by atoms with Crippen LogP contribution in [0.15, 0.2) is 88.6 Å². The van der Waals surface area contributed by atoms with E-state index in [1.54, 1.807) is 12.1 Å². The number of aromatic nitrogens is 3. The van der Waals surface area contributed by atoms with Gasteiger partial charge in [-0.3, -0.25) is 15.2 Å². The molecule has 0 spiro atoms. The number of ether oxygens (including phenoxy) is 1.